The van der Waals surface area contributed by atoms with Crippen LogP contribution in [0, 0.1) is 0 Å². The molecule has 1 aromatic rings. The van der Waals surface area contributed by atoms with Gasteiger partial charge in [-0.3, -0.25) is 9.69 Å². The van der Waals surface area contributed by atoms with E-state index >= 15 is 0 Å². The van der Waals surface area contributed by atoms with Crippen molar-refractivity contribution in [3.63, 3.8) is 0 Å². The minimum Gasteiger partial charge on any atom is -0.489 e. The van der Waals surface area contributed by atoms with Crippen LogP contribution in [-0.4, -0.2) is 48.7 Å². The van der Waals surface area contributed by atoms with E-state index in [9.17, 15) is 9.59 Å². The van der Waals surface area contributed by atoms with Crippen molar-refractivity contribution >= 4 is 35.1 Å². The molecule has 8 heteroatoms. The van der Waals surface area contributed by atoms with Crippen LogP contribution in [0.25, 0.3) is 0 Å². The summed E-state index contributed by atoms with van der Waals surface area (Å²) in [4.78, 5) is 25.5. The molecule has 1 atom stereocenters. The maximum atomic E-state index is 12.4. The molecule has 6 nitrogen and oxygen atoms in total. The minimum atomic E-state index is -0.904. The highest BCUT2D eigenvalue weighted by Gasteiger charge is 2.53. The van der Waals surface area contributed by atoms with Crippen LogP contribution in [0.15, 0.2) is 18.2 Å². The molecule has 0 radical (unpaired) electrons. The van der Waals surface area contributed by atoms with E-state index in [-0.39, 0.29) is 25.7 Å². The fourth-order valence-corrected chi connectivity index (χ4v) is 3.08. The summed E-state index contributed by atoms with van der Waals surface area (Å²) in [6.07, 6.45) is 0.491. The Labute approximate surface area is 137 Å². The Balaban J connectivity index is 1.62. The van der Waals surface area contributed by atoms with Gasteiger partial charge < -0.3 is 14.8 Å². The maximum absolute atomic E-state index is 12.4. The molecule has 118 valence electrons. The van der Waals surface area contributed by atoms with Gasteiger partial charge in [-0.15, -0.1) is 0 Å². The number of rotatable bonds is 4. The number of imide groups is 1. The van der Waals surface area contributed by atoms with Crippen molar-refractivity contribution in [1.29, 1.82) is 0 Å². The molecule has 1 aromatic carbocycles. The predicted molar refractivity (Wildman–Crippen MR) is 80.4 cm³/mol. The number of halogens is 2. The van der Waals surface area contributed by atoms with Crippen molar-refractivity contribution in [1.82, 2.24) is 10.2 Å². The van der Waals surface area contributed by atoms with Gasteiger partial charge in [-0.2, -0.15) is 0 Å². The highest BCUT2D eigenvalue weighted by molar-refractivity contribution is 6.37. The lowest BCUT2D eigenvalue weighted by molar-refractivity contribution is -0.131. The number of urea groups is 1. The smallest absolute Gasteiger partial charge is 0.325 e. The molecule has 2 aliphatic rings. The molecular formula is C14H14Cl2N2O4. The Morgan fingerprint density at radius 3 is 2.68 bits per heavy atom. The second-order valence-electron chi connectivity index (χ2n) is 5.17. The topological polar surface area (TPSA) is 67.9 Å². The van der Waals surface area contributed by atoms with Crippen LogP contribution in [0.1, 0.15) is 6.42 Å². The van der Waals surface area contributed by atoms with Crippen molar-refractivity contribution < 1.29 is 19.1 Å². The molecule has 3 amide bonds. The molecule has 22 heavy (non-hydrogen) atoms. The standard InChI is InChI=1S/C14H14Cl2N2O4/c15-9-2-1-3-10(16)11(9)22-7-5-18-12(19)14(17-13(18)20)4-6-21-8-14/h1-3H,4-8H2,(H,17,20). The summed E-state index contributed by atoms with van der Waals surface area (Å²) >= 11 is 12.0. The SMILES string of the molecule is O=C1NC2(CCOC2)C(=O)N1CCOc1c(Cl)cccc1Cl. The number of nitrogens with zero attached hydrogens (tertiary/aromatic N) is 1. The summed E-state index contributed by atoms with van der Waals surface area (Å²) in [6, 6.07) is 4.59. The van der Waals surface area contributed by atoms with E-state index < -0.39 is 11.6 Å². The highest BCUT2D eigenvalue weighted by Crippen LogP contribution is 2.32. The summed E-state index contributed by atoms with van der Waals surface area (Å²) in [6.45, 7) is 0.907. The van der Waals surface area contributed by atoms with Gasteiger partial charge in [-0.05, 0) is 12.1 Å². The third-order valence-corrected chi connectivity index (χ3v) is 4.34. The molecule has 2 heterocycles. The van der Waals surface area contributed by atoms with Gasteiger partial charge >= 0.3 is 6.03 Å². The van der Waals surface area contributed by atoms with E-state index in [1.165, 1.54) is 0 Å². The number of amides is 3. The fourth-order valence-electron chi connectivity index (χ4n) is 2.57. The molecular weight excluding hydrogens is 331 g/mol. The number of carbonyl (C=O) groups excluding carboxylic acids is 2. The number of nitrogens with one attached hydrogen (secondary N) is 1. The third kappa shape index (κ3) is 2.62. The van der Waals surface area contributed by atoms with Crippen LogP contribution in [-0.2, 0) is 9.53 Å². The van der Waals surface area contributed by atoms with Gasteiger partial charge in [0.15, 0.2) is 5.75 Å². The van der Waals surface area contributed by atoms with Crippen molar-refractivity contribution in [2.45, 2.75) is 12.0 Å². The van der Waals surface area contributed by atoms with Gasteiger partial charge in [0, 0.05) is 13.0 Å². The molecule has 2 saturated heterocycles. The van der Waals surface area contributed by atoms with Crippen molar-refractivity contribution in [2.24, 2.45) is 0 Å². The molecule has 1 spiro atoms. The summed E-state index contributed by atoms with van der Waals surface area (Å²) in [5.74, 6) is 0.0701. The monoisotopic (exact) mass is 344 g/mol. The molecule has 1 unspecified atom stereocenters. The molecule has 3 rings (SSSR count). The van der Waals surface area contributed by atoms with Crippen molar-refractivity contribution in [3.05, 3.63) is 28.2 Å². The van der Waals surface area contributed by atoms with E-state index in [1.54, 1.807) is 18.2 Å². The number of benzene rings is 1. The fraction of sp³-hybridized carbons (Fsp3) is 0.429. The molecule has 0 aromatic heterocycles. The maximum Gasteiger partial charge on any atom is 0.325 e. The van der Waals surface area contributed by atoms with Crippen LogP contribution in [0.4, 0.5) is 4.79 Å². The van der Waals surface area contributed by atoms with E-state index in [1.807, 2.05) is 0 Å². The largest absolute Gasteiger partial charge is 0.489 e. The summed E-state index contributed by atoms with van der Waals surface area (Å²) in [7, 11) is 0. The normalized spacial score (nSPS) is 24.2. The summed E-state index contributed by atoms with van der Waals surface area (Å²) < 4.78 is 10.7. The van der Waals surface area contributed by atoms with E-state index in [0.717, 1.165) is 4.90 Å². The zero-order valence-corrected chi connectivity index (χ0v) is 13.1. The Bertz CT molecular complexity index is 597. The van der Waals surface area contributed by atoms with Gasteiger partial charge in [-0.25, -0.2) is 4.79 Å². The molecule has 0 saturated carbocycles. The first-order valence-corrected chi connectivity index (χ1v) is 7.58. The zero-order chi connectivity index (χ0) is 15.7. The van der Waals surface area contributed by atoms with Crippen molar-refractivity contribution in [3.8, 4) is 5.75 Å². The van der Waals surface area contributed by atoms with E-state index in [4.69, 9.17) is 32.7 Å². The molecule has 0 bridgehead atoms. The van der Waals surface area contributed by atoms with E-state index in [2.05, 4.69) is 5.32 Å². The Morgan fingerprint density at radius 2 is 2.05 bits per heavy atom. The lowest BCUT2D eigenvalue weighted by Gasteiger charge is -2.18. The number of hydrogen-bond acceptors (Lipinski definition) is 4. The van der Waals surface area contributed by atoms with Gasteiger partial charge in [0.1, 0.15) is 12.1 Å². The number of hydrogen-bond donors (Lipinski definition) is 1. The zero-order valence-electron chi connectivity index (χ0n) is 11.6. The van der Waals surface area contributed by atoms with Gasteiger partial charge in [0.2, 0.25) is 0 Å². The minimum absolute atomic E-state index is 0.111. The number of carbonyl (C=O) groups is 2. The first kappa shape index (κ1) is 15.4. The lowest BCUT2D eigenvalue weighted by atomic mass is 9.99. The van der Waals surface area contributed by atoms with Crippen LogP contribution in [0.2, 0.25) is 10.0 Å². The summed E-state index contributed by atoms with van der Waals surface area (Å²) in [5, 5.41) is 3.47. The highest BCUT2D eigenvalue weighted by atomic mass is 35.5. The lowest BCUT2D eigenvalue weighted by Crippen LogP contribution is -2.47. The molecule has 2 fully saturated rings. The Hall–Kier alpha value is -1.50. The number of ether oxygens (including phenoxy) is 2. The predicted octanol–water partition coefficient (Wildman–Crippen LogP) is 2.08. The number of para-hydroxylation sites is 1. The first-order chi connectivity index (χ1) is 10.5. The Kier molecular flexibility index (Phi) is 4.16. The average molecular weight is 345 g/mol. The first-order valence-electron chi connectivity index (χ1n) is 6.82. The molecule has 2 aliphatic heterocycles. The van der Waals surface area contributed by atoms with Crippen LogP contribution in [0.5, 0.6) is 5.75 Å². The van der Waals surface area contributed by atoms with E-state index in [0.29, 0.717) is 28.8 Å². The quantitative estimate of drug-likeness (QED) is 0.849. The average Bonchev–Trinajstić information content (AvgIpc) is 3.03. The van der Waals surface area contributed by atoms with Gasteiger partial charge in [0.25, 0.3) is 5.91 Å². The second-order valence-corrected chi connectivity index (χ2v) is 5.99. The van der Waals surface area contributed by atoms with Crippen LogP contribution >= 0.6 is 23.2 Å². The molecule has 1 N–H and O–H groups in total. The third-order valence-electron chi connectivity index (χ3n) is 3.75. The van der Waals surface area contributed by atoms with Crippen LogP contribution in [0.3, 0.4) is 0 Å². The van der Waals surface area contributed by atoms with Gasteiger partial charge in [-0.1, -0.05) is 29.3 Å². The molecule has 0 aliphatic carbocycles. The van der Waals surface area contributed by atoms with Crippen molar-refractivity contribution in [2.75, 3.05) is 26.4 Å². The van der Waals surface area contributed by atoms with Crippen LogP contribution < -0.4 is 10.1 Å². The van der Waals surface area contributed by atoms with Gasteiger partial charge in [0.05, 0.1) is 23.2 Å². The second kappa shape index (κ2) is 5.95. The Morgan fingerprint density at radius 1 is 1.32 bits per heavy atom. The summed E-state index contributed by atoms with van der Waals surface area (Å²) in [5.41, 5.74) is -0.904.